The van der Waals surface area contributed by atoms with E-state index in [1.807, 2.05) is 31.3 Å². The second-order valence-corrected chi connectivity index (χ2v) is 7.91. The Kier molecular flexibility index (Phi) is 9.77. The summed E-state index contributed by atoms with van der Waals surface area (Å²) in [5.41, 5.74) is 8.54. The molecular weight excluding hydrogens is 401 g/mol. The molecule has 3 rings (SSSR count). The van der Waals surface area contributed by atoms with Crippen LogP contribution in [0, 0.1) is 5.92 Å². The summed E-state index contributed by atoms with van der Waals surface area (Å²) < 4.78 is 0. The molecule has 2 aromatic rings. The molecule has 3 unspecified atom stereocenters. The van der Waals surface area contributed by atoms with Crippen molar-refractivity contribution >= 4 is 42.1 Å². The molecule has 0 fully saturated rings. The maximum absolute atomic E-state index is 12.4. The van der Waals surface area contributed by atoms with E-state index in [-0.39, 0.29) is 48.7 Å². The van der Waals surface area contributed by atoms with E-state index in [2.05, 4.69) is 45.9 Å². The molecule has 3 atom stereocenters. The van der Waals surface area contributed by atoms with Gasteiger partial charge in [-0.15, -0.1) is 36.2 Å². The molecule has 1 aliphatic heterocycles. The van der Waals surface area contributed by atoms with E-state index in [0.29, 0.717) is 6.54 Å². The summed E-state index contributed by atoms with van der Waals surface area (Å²) in [6, 6.07) is 12.7. The lowest BCUT2D eigenvalue weighted by Crippen LogP contribution is -2.44. The predicted octanol–water partition coefficient (Wildman–Crippen LogP) is 3.79. The maximum Gasteiger partial charge on any atom is 0.224 e. The van der Waals surface area contributed by atoms with Gasteiger partial charge in [-0.05, 0) is 35.9 Å². The van der Waals surface area contributed by atoms with Gasteiger partial charge in [0.05, 0.1) is 6.04 Å². The smallest absolute Gasteiger partial charge is 0.224 e. The minimum Gasteiger partial charge on any atom is -0.354 e. The molecule has 4 nitrogen and oxygen atoms in total. The SMILES string of the molecule is CC(N)C(C)C(=O)NCC(c1ccccc1)N1CCc2sccc2C1.Cl.Cl. The van der Waals surface area contributed by atoms with Gasteiger partial charge in [0, 0.05) is 36.5 Å². The molecule has 150 valence electrons. The zero-order chi connectivity index (χ0) is 17.8. The number of halogens is 2. The van der Waals surface area contributed by atoms with E-state index in [4.69, 9.17) is 5.73 Å². The molecule has 0 aliphatic carbocycles. The Morgan fingerprint density at radius 1 is 1.22 bits per heavy atom. The monoisotopic (exact) mass is 429 g/mol. The number of carbonyl (C=O) groups excluding carboxylic acids is 1. The highest BCUT2D eigenvalue weighted by atomic mass is 35.5. The first kappa shape index (κ1) is 23.9. The molecule has 1 aromatic heterocycles. The van der Waals surface area contributed by atoms with Crippen LogP contribution in [0.4, 0.5) is 0 Å². The number of nitrogens with one attached hydrogen (secondary N) is 1. The van der Waals surface area contributed by atoms with Crippen molar-refractivity contribution in [2.45, 2.75) is 38.9 Å². The zero-order valence-corrected chi connectivity index (χ0v) is 18.2. The molecule has 0 spiro atoms. The van der Waals surface area contributed by atoms with Gasteiger partial charge in [-0.25, -0.2) is 0 Å². The zero-order valence-electron chi connectivity index (χ0n) is 15.8. The molecule has 3 N–H and O–H groups in total. The first-order valence-corrected chi connectivity index (χ1v) is 9.81. The fourth-order valence-electron chi connectivity index (χ4n) is 3.27. The summed E-state index contributed by atoms with van der Waals surface area (Å²) >= 11 is 1.85. The first-order valence-electron chi connectivity index (χ1n) is 8.93. The van der Waals surface area contributed by atoms with E-state index in [1.165, 1.54) is 16.0 Å². The Morgan fingerprint density at radius 2 is 1.93 bits per heavy atom. The number of benzene rings is 1. The highest BCUT2D eigenvalue weighted by Crippen LogP contribution is 2.30. The lowest BCUT2D eigenvalue weighted by Gasteiger charge is -2.35. The number of nitrogens with two attached hydrogens (primary N) is 1. The molecule has 0 radical (unpaired) electrons. The molecule has 7 heteroatoms. The lowest BCUT2D eigenvalue weighted by molar-refractivity contribution is -0.125. The highest BCUT2D eigenvalue weighted by molar-refractivity contribution is 7.10. The van der Waals surface area contributed by atoms with Crippen molar-refractivity contribution < 1.29 is 4.79 Å². The molecule has 1 aromatic carbocycles. The molecule has 0 saturated heterocycles. The minimum absolute atomic E-state index is 0. The van der Waals surface area contributed by atoms with E-state index in [1.54, 1.807) is 0 Å². The minimum atomic E-state index is -0.179. The average Bonchev–Trinajstić information content (AvgIpc) is 3.09. The summed E-state index contributed by atoms with van der Waals surface area (Å²) in [5, 5.41) is 5.30. The van der Waals surface area contributed by atoms with Gasteiger partial charge in [-0.2, -0.15) is 0 Å². The van der Waals surface area contributed by atoms with Crippen LogP contribution in [0.25, 0.3) is 0 Å². The van der Waals surface area contributed by atoms with Gasteiger partial charge in [0.25, 0.3) is 0 Å². The van der Waals surface area contributed by atoms with Gasteiger partial charge >= 0.3 is 0 Å². The number of amides is 1. The fourth-order valence-corrected chi connectivity index (χ4v) is 4.16. The van der Waals surface area contributed by atoms with E-state index < -0.39 is 0 Å². The number of carbonyl (C=O) groups is 1. The number of nitrogens with zero attached hydrogens (tertiary/aromatic N) is 1. The van der Waals surface area contributed by atoms with Crippen LogP contribution in [-0.2, 0) is 17.8 Å². The summed E-state index contributed by atoms with van der Waals surface area (Å²) in [6.45, 7) is 6.33. The number of fused-ring (bicyclic) bond motifs is 1. The van der Waals surface area contributed by atoms with E-state index in [0.717, 1.165) is 19.5 Å². The lowest BCUT2D eigenvalue weighted by atomic mass is 10.00. The van der Waals surface area contributed by atoms with Crippen LogP contribution in [0.2, 0.25) is 0 Å². The Morgan fingerprint density at radius 3 is 2.59 bits per heavy atom. The average molecular weight is 430 g/mol. The van der Waals surface area contributed by atoms with Crippen molar-refractivity contribution in [2.24, 2.45) is 11.7 Å². The number of hydrogen-bond donors (Lipinski definition) is 2. The molecule has 27 heavy (non-hydrogen) atoms. The summed E-state index contributed by atoms with van der Waals surface area (Å²) in [6.07, 6.45) is 1.08. The maximum atomic E-state index is 12.4. The van der Waals surface area contributed by atoms with Crippen molar-refractivity contribution in [3.63, 3.8) is 0 Å². The van der Waals surface area contributed by atoms with Crippen molar-refractivity contribution in [2.75, 3.05) is 13.1 Å². The Bertz CT molecular complexity index is 708. The molecule has 1 amide bonds. The quantitative estimate of drug-likeness (QED) is 0.733. The van der Waals surface area contributed by atoms with Crippen molar-refractivity contribution in [3.05, 3.63) is 57.8 Å². The van der Waals surface area contributed by atoms with Crippen LogP contribution < -0.4 is 11.1 Å². The second-order valence-electron chi connectivity index (χ2n) is 6.91. The van der Waals surface area contributed by atoms with E-state index in [9.17, 15) is 4.79 Å². The second kappa shape index (κ2) is 11.0. The van der Waals surface area contributed by atoms with Gasteiger partial charge in [-0.1, -0.05) is 37.3 Å². The Balaban J connectivity index is 0.00000182. The number of thiophene rings is 1. The van der Waals surface area contributed by atoms with Gasteiger partial charge in [0.1, 0.15) is 0 Å². The summed E-state index contributed by atoms with van der Waals surface area (Å²) in [5.74, 6) is -0.148. The van der Waals surface area contributed by atoms with Crippen LogP contribution in [0.15, 0.2) is 41.8 Å². The van der Waals surface area contributed by atoms with Crippen molar-refractivity contribution in [3.8, 4) is 0 Å². The topological polar surface area (TPSA) is 58.4 Å². The van der Waals surface area contributed by atoms with Gasteiger partial charge in [0.15, 0.2) is 0 Å². The van der Waals surface area contributed by atoms with Crippen LogP contribution >= 0.6 is 36.2 Å². The van der Waals surface area contributed by atoms with Crippen LogP contribution in [0.1, 0.15) is 35.9 Å². The molecule has 0 bridgehead atoms. The molecular formula is C20H29Cl2N3OS. The first-order chi connectivity index (χ1) is 12.1. The largest absolute Gasteiger partial charge is 0.354 e. The Hall–Kier alpha value is -1.11. The third kappa shape index (κ3) is 5.93. The number of hydrogen-bond acceptors (Lipinski definition) is 4. The number of rotatable bonds is 6. The third-order valence-corrected chi connectivity index (χ3v) is 6.16. The fraction of sp³-hybridized carbons (Fsp3) is 0.450. The van der Waals surface area contributed by atoms with Gasteiger partial charge in [-0.3, -0.25) is 9.69 Å². The third-order valence-electron chi connectivity index (χ3n) is 5.13. The van der Waals surface area contributed by atoms with Crippen LogP contribution in [0.5, 0.6) is 0 Å². The highest BCUT2D eigenvalue weighted by Gasteiger charge is 2.26. The van der Waals surface area contributed by atoms with Gasteiger partial charge < -0.3 is 11.1 Å². The van der Waals surface area contributed by atoms with E-state index >= 15 is 0 Å². The summed E-state index contributed by atoms with van der Waals surface area (Å²) in [7, 11) is 0. The molecule has 0 saturated carbocycles. The normalized spacial score (nSPS) is 16.9. The van der Waals surface area contributed by atoms with Crippen LogP contribution in [0.3, 0.4) is 0 Å². The van der Waals surface area contributed by atoms with Crippen LogP contribution in [-0.4, -0.2) is 29.9 Å². The molecule has 2 heterocycles. The Labute approximate surface area is 178 Å². The predicted molar refractivity (Wildman–Crippen MR) is 118 cm³/mol. The standard InChI is InChI=1S/C20H27N3OS.2ClH/c1-14(15(2)21)20(24)22-12-18(16-6-4-3-5-7-16)23-10-8-19-17(13-23)9-11-25-19;;/h3-7,9,11,14-15,18H,8,10,12-13,21H2,1-2H3,(H,22,24);2*1H. The van der Waals surface area contributed by atoms with Crippen molar-refractivity contribution in [1.82, 2.24) is 10.2 Å². The summed E-state index contributed by atoms with van der Waals surface area (Å²) in [4.78, 5) is 16.3. The molecule has 1 aliphatic rings. The van der Waals surface area contributed by atoms with Gasteiger partial charge in [0.2, 0.25) is 5.91 Å². The van der Waals surface area contributed by atoms with Crippen molar-refractivity contribution in [1.29, 1.82) is 0 Å².